The third kappa shape index (κ3) is 2.50. The van der Waals surface area contributed by atoms with Gasteiger partial charge in [-0.2, -0.15) is 0 Å². The number of hydrogen-bond acceptors (Lipinski definition) is 5. The van der Waals surface area contributed by atoms with Gasteiger partial charge in [0.15, 0.2) is 0 Å². The van der Waals surface area contributed by atoms with Gasteiger partial charge in [-0.3, -0.25) is 9.59 Å². The number of ether oxygens (including phenoxy) is 1. The standard InChI is InChI=1S/C22H32O5/c1-13(24)27-12-21(3)17-8-19(26)22-9-14(15(10-22)11-23)4-5-16(22)20(17,2)7-6-18(21)25/h10-11,14,16-19,25-26H,4-9,12H2,1-3H3/t14-,16+,17-,18-,19+,20+,21-,22-/m1/s1. The van der Waals surface area contributed by atoms with Gasteiger partial charge in [0.2, 0.25) is 0 Å². The van der Waals surface area contributed by atoms with Crippen LogP contribution in [-0.2, 0) is 14.3 Å². The summed E-state index contributed by atoms with van der Waals surface area (Å²) in [6, 6.07) is 0. The van der Waals surface area contributed by atoms with Crippen LogP contribution in [-0.4, -0.2) is 41.3 Å². The third-order valence-electron chi connectivity index (χ3n) is 8.87. The average molecular weight is 376 g/mol. The van der Waals surface area contributed by atoms with Crippen LogP contribution in [0.4, 0.5) is 0 Å². The predicted molar refractivity (Wildman–Crippen MR) is 99.6 cm³/mol. The van der Waals surface area contributed by atoms with Crippen LogP contribution in [0.5, 0.6) is 0 Å². The fraction of sp³-hybridized carbons (Fsp3) is 0.818. The molecule has 0 aromatic carbocycles. The molecule has 0 amide bonds. The molecule has 4 aliphatic carbocycles. The van der Waals surface area contributed by atoms with Crippen molar-refractivity contribution in [2.45, 2.75) is 71.5 Å². The Kier molecular flexibility index (Phi) is 4.36. The molecule has 0 aromatic heterocycles. The summed E-state index contributed by atoms with van der Waals surface area (Å²) < 4.78 is 5.38. The molecule has 0 aliphatic heterocycles. The molecule has 2 N–H and O–H groups in total. The summed E-state index contributed by atoms with van der Waals surface area (Å²) in [5.41, 5.74) is -0.0482. The molecule has 2 bridgehead atoms. The van der Waals surface area contributed by atoms with E-state index in [1.54, 1.807) is 0 Å². The summed E-state index contributed by atoms with van der Waals surface area (Å²) in [5.74, 6) is 0.314. The van der Waals surface area contributed by atoms with Crippen LogP contribution in [0.2, 0.25) is 0 Å². The van der Waals surface area contributed by atoms with Gasteiger partial charge < -0.3 is 14.9 Å². The number of aliphatic hydroxyl groups is 2. The molecule has 3 fully saturated rings. The van der Waals surface area contributed by atoms with Gasteiger partial charge in [0, 0.05) is 17.8 Å². The molecule has 8 atom stereocenters. The zero-order chi connectivity index (χ0) is 19.6. The Morgan fingerprint density at radius 1 is 1.22 bits per heavy atom. The van der Waals surface area contributed by atoms with Gasteiger partial charge in [-0.25, -0.2) is 0 Å². The molecular weight excluding hydrogens is 344 g/mol. The topological polar surface area (TPSA) is 83.8 Å². The highest BCUT2D eigenvalue weighted by atomic mass is 16.5. The summed E-state index contributed by atoms with van der Waals surface area (Å²) in [5, 5.41) is 22.1. The Bertz CT molecular complexity index is 686. The zero-order valence-electron chi connectivity index (χ0n) is 16.6. The molecule has 0 aromatic rings. The third-order valence-corrected chi connectivity index (χ3v) is 8.87. The Balaban J connectivity index is 1.74. The van der Waals surface area contributed by atoms with E-state index < -0.39 is 17.6 Å². The van der Waals surface area contributed by atoms with Crippen LogP contribution < -0.4 is 0 Å². The minimum absolute atomic E-state index is 0.0484. The van der Waals surface area contributed by atoms with E-state index in [1.807, 2.05) is 6.92 Å². The van der Waals surface area contributed by atoms with Crippen molar-refractivity contribution in [1.29, 1.82) is 0 Å². The summed E-state index contributed by atoms with van der Waals surface area (Å²) in [6.45, 7) is 5.91. The molecular formula is C22H32O5. The van der Waals surface area contributed by atoms with E-state index in [9.17, 15) is 19.8 Å². The van der Waals surface area contributed by atoms with Gasteiger partial charge in [-0.1, -0.05) is 19.9 Å². The van der Waals surface area contributed by atoms with Crippen molar-refractivity contribution in [3.8, 4) is 0 Å². The molecule has 0 radical (unpaired) electrons. The number of allylic oxidation sites excluding steroid dienone is 1. The van der Waals surface area contributed by atoms with E-state index in [-0.39, 0.29) is 41.2 Å². The molecule has 0 saturated heterocycles. The fourth-order valence-corrected chi connectivity index (χ4v) is 7.51. The van der Waals surface area contributed by atoms with Crippen LogP contribution in [0.3, 0.4) is 0 Å². The summed E-state index contributed by atoms with van der Waals surface area (Å²) in [4.78, 5) is 23.0. The number of rotatable bonds is 3. The summed E-state index contributed by atoms with van der Waals surface area (Å²) in [6.07, 6.45) is 7.05. The molecule has 3 saturated carbocycles. The van der Waals surface area contributed by atoms with Gasteiger partial charge in [0.05, 0.1) is 18.8 Å². The monoisotopic (exact) mass is 376 g/mol. The van der Waals surface area contributed by atoms with E-state index >= 15 is 0 Å². The lowest BCUT2D eigenvalue weighted by Gasteiger charge is -2.66. The van der Waals surface area contributed by atoms with Crippen molar-refractivity contribution in [3.05, 3.63) is 11.6 Å². The van der Waals surface area contributed by atoms with Crippen molar-refractivity contribution in [3.63, 3.8) is 0 Å². The zero-order valence-corrected chi connectivity index (χ0v) is 16.6. The molecule has 0 unspecified atom stereocenters. The number of carbonyl (C=O) groups is 2. The predicted octanol–water partition coefficient (Wildman–Crippen LogP) is 2.64. The number of fused-ring (bicyclic) bond motifs is 3. The van der Waals surface area contributed by atoms with Crippen molar-refractivity contribution < 1.29 is 24.5 Å². The van der Waals surface area contributed by atoms with Crippen molar-refractivity contribution in [1.82, 2.24) is 0 Å². The maximum Gasteiger partial charge on any atom is 0.302 e. The van der Waals surface area contributed by atoms with Crippen molar-refractivity contribution >= 4 is 12.3 Å². The smallest absolute Gasteiger partial charge is 0.302 e. The SMILES string of the molecule is CC(=O)OC[C@]1(C)[C@@H]2C[C@H](O)[C@]34C=C(C=O)[C@H](CC[C@H]3[C@]2(C)CC[C@H]1O)C4. The van der Waals surface area contributed by atoms with Gasteiger partial charge in [0.1, 0.15) is 6.29 Å². The quantitative estimate of drug-likeness (QED) is 0.584. The van der Waals surface area contributed by atoms with E-state index in [2.05, 4.69) is 13.0 Å². The lowest BCUT2D eigenvalue weighted by Crippen LogP contribution is -2.64. The minimum Gasteiger partial charge on any atom is -0.465 e. The summed E-state index contributed by atoms with van der Waals surface area (Å²) >= 11 is 0. The Labute approximate surface area is 161 Å². The number of carbonyl (C=O) groups excluding carboxylic acids is 2. The number of esters is 1. The number of aliphatic hydroxyl groups excluding tert-OH is 2. The highest BCUT2D eigenvalue weighted by Gasteiger charge is 2.67. The van der Waals surface area contributed by atoms with Crippen LogP contribution in [0.15, 0.2) is 11.6 Å². The van der Waals surface area contributed by atoms with Gasteiger partial charge >= 0.3 is 5.97 Å². The van der Waals surface area contributed by atoms with E-state index in [0.717, 1.165) is 37.5 Å². The second-order valence-corrected chi connectivity index (χ2v) is 10.1. The lowest BCUT2D eigenvalue weighted by atomic mass is 9.40. The largest absolute Gasteiger partial charge is 0.465 e. The van der Waals surface area contributed by atoms with E-state index in [1.165, 1.54) is 6.92 Å². The number of hydrogen-bond donors (Lipinski definition) is 2. The molecule has 27 heavy (non-hydrogen) atoms. The van der Waals surface area contributed by atoms with Crippen LogP contribution >= 0.6 is 0 Å². The average Bonchev–Trinajstić information content (AvgIpc) is 2.91. The molecule has 0 heterocycles. The first-order valence-corrected chi connectivity index (χ1v) is 10.3. The van der Waals surface area contributed by atoms with Crippen molar-refractivity contribution in [2.75, 3.05) is 6.61 Å². The normalized spacial score (nSPS) is 51.0. The second-order valence-electron chi connectivity index (χ2n) is 10.1. The highest BCUT2D eigenvalue weighted by molar-refractivity contribution is 5.75. The molecule has 4 rings (SSSR count). The molecule has 5 heteroatoms. The first kappa shape index (κ1) is 19.1. The first-order valence-electron chi connectivity index (χ1n) is 10.3. The molecule has 4 aliphatic rings. The van der Waals surface area contributed by atoms with Gasteiger partial charge in [-0.05, 0) is 67.3 Å². The van der Waals surface area contributed by atoms with E-state index in [0.29, 0.717) is 12.8 Å². The van der Waals surface area contributed by atoms with Crippen LogP contribution in [0, 0.1) is 34.0 Å². The van der Waals surface area contributed by atoms with E-state index in [4.69, 9.17) is 4.74 Å². The lowest BCUT2D eigenvalue weighted by molar-refractivity contribution is -0.224. The first-order chi connectivity index (χ1) is 12.7. The Morgan fingerprint density at radius 2 is 1.96 bits per heavy atom. The fourth-order valence-electron chi connectivity index (χ4n) is 7.51. The maximum atomic E-state index is 11.6. The maximum absolute atomic E-state index is 11.6. The Hall–Kier alpha value is -1.20. The second kappa shape index (κ2) is 6.15. The van der Waals surface area contributed by atoms with Crippen LogP contribution in [0.1, 0.15) is 59.3 Å². The van der Waals surface area contributed by atoms with Crippen molar-refractivity contribution in [2.24, 2.45) is 34.0 Å². The van der Waals surface area contributed by atoms with Gasteiger partial charge in [0.25, 0.3) is 0 Å². The molecule has 5 nitrogen and oxygen atoms in total. The molecule has 1 spiro atoms. The van der Waals surface area contributed by atoms with Gasteiger partial charge in [-0.15, -0.1) is 0 Å². The highest BCUT2D eigenvalue weighted by Crippen LogP contribution is 2.70. The van der Waals surface area contributed by atoms with Crippen LogP contribution in [0.25, 0.3) is 0 Å². The Morgan fingerprint density at radius 3 is 2.63 bits per heavy atom. The summed E-state index contributed by atoms with van der Waals surface area (Å²) in [7, 11) is 0. The number of aldehydes is 1. The molecule has 150 valence electrons. The minimum atomic E-state index is -0.562.